The van der Waals surface area contributed by atoms with Crippen molar-refractivity contribution in [1.82, 2.24) is 0 Å². The molecule has 2 unspecified atom stereocenters. The summed E-state index contributed by atoms with van der Waals surface area (Å²) in [6.45, 7) is 0. The quantitative estimate of drug-likeness (QED) is 0.545. The molecule has 0 heterocycles. The molecule has 0 aromatic heterocycles. The van der Waals surface area contributed by atoms with Gasteiger partial charge < -0.3 is 15.9 Å². The van der Waals surface area contributed by atoms with Crippen LogP contribution in [0.1, 0.15) is 18.1 Å². The van der Waals surface area contributed by atoms with Crippen LogP contribution in [0.2, 0.25) is 0 Å². The highest BCUT2D eigenvalue weighted by Crippen LogP contribution is 2.25. The minimum absolute atomic E-state index is 0.188. The van der Waals surface area contributed by atoms with E-state index >= 15 is 0 Å². The Morgan fingerprint density at radius 1 is 1.40 bits per heavy atom. The fourth-order valence-corrected chi connectivity index (χ4v) is 1.50. The Morgan fingerprint density at radius 3 is 2.67 bits per heavy atom. The van der Waals surface area contributed by atoms with Crippen LogP contribution in [0, 0.1) is 5.82 Å². The van der Waals surface area contributed by atoms with Gasteiger partial charge >= 0.3 is 0 Å². The Bertz CT molecular complexity index is 335. The molecule has 0 bridgehead atoms. The highest BCUT2D eigenvalue weighted by atomic mass is 35.5. The highest BCUT2D eigenvalue weighted by Gasteiger charge is 2.20. The zero-order chi connectivity index (χ0) is 11.4. The van der Waals surface area contributed by atoms with E-state index < -0.39 is 18.0 Å². The summed E-state index contributed by atoms with van der Waals surface area (Å²) in [5.41, 5.74) is 5.99. The Balaban J connectivity index is 2.89. The first-order valence-electron chi connectivity index (χ1n) is 4.53. The third-order valence-corrected chi connectivity index (χ3v) is 2.36. The Morgan fingerprint density at radius 2 is 2.07 bits per heavy atom. The number of nitrogen functional groups attached to an aromatic ring is 1. The van der Waals surface area contributed by atoms with Crippen LogP contribution in [-0.4, -0.2) is 22.2 Å². The largest absolute Gasteiger partial charge is 0.398 e. The number of hydrogen-bond donors (Lipinski definition) is 3. The molecule has 0 amide bonds. The number of rotatable bonds is 4. The van der Waals surface area contributed by atoms with Gasteiger partial charge in [-0.2, -0.15) is 0 Å². The summed E-state index contributed by atoms with van der Waals surface area (Å²) in [5.74, 6) is -0.288. The maximum Gasteiger partial charge on any atom is 0.123 e. The molecule has 0 saturated carbocycles. The molecule has 1 aromatic carbocycles. The lowest BCUT2D eigenvalue weighted by Crippen LogP contribution is -2.19. The van der Waals surface area contributed by atoms with Crippen molar-refractivity contribution in [2.75, 3.05) is 11.6 Å². The number of benzene rings is 1. The third kappa shape index (κ3) is 3.06. The second kappa shape index (κ2) is 5.30. The lowest BCUT2D eigenvalue weighted by molar-refractivity contribution is 0.0173. The van der Waals surface area contributed by atoms with Crippen molar-refractivity contribution < 1.29 is 14.6 Å². The number of aliphatic hydroxyl groups excluding tert-OH is 2. The molecule has 0 aliphatic carbocycles. The molecule has 5 heteroatoms. The van der Waals surface area contributed by atoms with Gasteiger partial charge in [-0.1, -0.05) is 0 Å². The molecule has 1 rings (SSSR count). The topological polar surface area (TPSA) is 66.5 Å². The maximum absolute atomic E-state index is 12.9. The van der Waals surface area contributed by atoms with Gasteiger partial charge in [-0.3, -0.25) is 0 Å². The van der Waals surface area contributed by atoms with Crippen molar-refractivity contribution in [1.29, 1.82) is 0 Å². The summed E-state index contributed by atoms with van der Waals surface area (Å²) >= 11 is 5.42. The van der Waals surface area contributed by atoms with Crippen LogP contribution in [-0.2, 0) is 0 Å². The second-order valence-electron chi connectivity index (χ2n) is 3.26. The first-order chi connectivity index (χ1) is 7.06. The standard InChI is InChI=1S/C10H13ClFNO2/c11-4-3-9(14)10(15)7-5-6(12)1-2-8(7)13/h1-2,5,9-10,14-15H,3-4,13H2. The van der Waals surface area contributed by atoms with Crippen molar-refractivity contribution >= 4 is 17.3 Å². The summed E-state index contributed by atoms with van der Waals surface area (Å²) in [6, 6.07) is 3.65. The summed E-state index contributed by atoms with van der Waals surface area (Å²) in [7, 11) is 0. The molecule has 15 heavy (non-hydrogen) atoms. The molecule has 0 saturated heterocycles. The lowest BCUT2D eigenvalue weighted by Gasteiger charge is -2.18. The van der Waals surface area contributed by atoms with Gasteiger partial charge in [-0.05, 0) is 24.6 Å². The summed E-state index contributed by atoms with van der Waals surface area (Å²) in [6.07, 6.45) is -2.02. The van der Waals surface area contributed by atoms with Gasteiger partial charge in [-0.15, -0.1) is 11.6 Å². The maximum atomic E-state index is 12.9. The van der Waals surface area contributed by atoms with E-state index in [1.807, 2.05) is 0 Å². The molecular weight excluding hydrogens is 221 g/mol. The molecule has 0 radical (unpaired) electrons. The van der Waals surface area contributed by atoms with E-state index in [9.17, 15) is 14.6 Å². The number of alkyl halides is 1. The summed E-state index contributed by atoms with van der Waals surface area (Å²) < 4.78 is 12.9. The van der Waals surface area contributed by atoms with Crippen LogP contribution in [0.5, 0.6) is 0 Å². The number of aliphatic hydroxyl groups is 2. The van der Waals surface area contributed by atoms with Gasteiger partial charge in [0.1, 0.15) is 11.9 Å². The number of anilines is 1. The van der Waals surface area contributed by atoms with Crippen molar-refractivity contribution in [3.8, 4) is 0 Å². The molecule has 0 aliphatic rings. The van der Waals surface area contributed by atoms with E-state index in [2.05, 4.69) is 0 Å². The molecule has 84 valence electrons. The predicted octanol–water partition coefficient (Wildman–Crippen LogP) is 1.43. The van der Waals surface area contributed by atoms with Gasteiger partial charge in [0, 0.05) is 17.1 Å². The lowest BCUT2D eigenvalue weighted by atomic mass is 10.0. The normalized spacial score (nSPS) is 14.9. The number of hydrogen-bond acceptors (Lipinski definition) is 3. The van der Waals surface area contributed by atoms with Gasteiger partial charge in [-0.25, -0.2) is 4.39 Å². The van der Waals surface area contributed by atoms with E-state index in [-0.39, 0.29) is 23.6 Å². The molecule has 2 atom stereocenters. The average molecular weight is 234 g/mol. The Kier molecular flexibility index (Phi) is 4.32. The minimum Gasteiger partial charge on any atom is -0.398 e. The molecule has 3 nitrogen and oxygen atoms in total. The van der Waals surface area contributed by atoms with Crippen molar-refractivity contribution in [3.63, 3.8) is 0 Å². The van der Waals surface area contributed by atoms with Gasteiger partial charge in [0.2, 0.25) is 0 Å². The molecule has 0 aliphatic heterocycles. The first kappa shape index (κ1) is 12.2. The summed E-state index contributed by atoms with van der Waals surface area (Å²) in [5, 5.41) is 19.1. The fourth-order valence-electron chi connectivity index (χ4n) is 1.28. The first-order valence-corrected chi connectivity index (χ1v) is 5.06. The van der Waals surface area contributed by atoms with Gasteiger partial charge in [0.25, 0.3) is 0 Å². The Labute approximate surface area is 92.3 Å². The molecule has 1 aromatic rings. The zero-order valence-corrected chi connectivity index (χ0v) is 8.78. The van der Waals surface area contributed by atoms with Crippen LogP contribution in [0.25, 0.3) is 0 Å². The second-order valence-corrected chi connectivity index (χ2v) is 3.64. The van der Waals surface area contributed by atoms with E-state index in [0.29, 0.717) is 0 Å². The van der Waals surface area contributed by atoms with Crippen LogP contribution < -0.4 is 5.73 Å². The smallest absolute Gasteiger partial charge is 0.123 e. The van der Waals surface area contributed by atoms with E-state index in [0.717, 1.165) is 6.07 Å². The van der Waals surface area contributed by atoms with Crippen LogP contribution in [0.4, 0.5) is 10.1 Å². The molecular formula is C10H13ClFNO2. The van der Waals surface area contributed by atoms with Crippen LogP contribution in [0.15, 0.2) is 18.2 Å². The van der Waals surface area contributed by atoms with E-state index in [4.69, 9.17) is 17.3 Å². The van der Waals surface area contributed by atoms with Crippen molar-refractivity contribution in [2.45, 2.75) is 18.6 Å². The van der Waals surface area contributed by atoms with Gasteiger partial charge in [0.05, 0.1) is 6.10 Å². The molecule has 0 fully saturated rings. The zero-order valence-electron chi connectivity index (χ0n) is 8.03. The number of nitrogens with two attached hydrogens (primary N) is 1. The van der Waals surface area contributed by atoms with Gasteiger partial charge in [0.15, 0.2) is 0 Å². The van der Waals surface area contributed by atoms with Crippen molar-refractivity contribution in [2.24, 2.45) is 0 Å². The number of halogens is 2. The van der Waals surface area contributed by atoms with Crippen LogP contribution in [0.3, 0.4) is 0 Å². The summed E-state index contributed by atoms with van der Waals surface area (Å²) in [4.78, 5) is 0. The minimum atomic E-state index is -1.21. The SMILES string of the molecule is Nc1ccc(F)cc1C(O)C(O)CCCl. The average Bonchev–Trinajstić information content (AvgIpc) is 2.21. The highest BCUT2D eigenvalue weighted by molar-refractivity contribution is 6.17. The predicted molar refractivity (Wildman–Crippen MR) is 57.1 cm³/mol. The fraction of sp³-hybridized carbons (Fsp3) is 0.400. The van der Waals surface area contributed by atoms with E-state index in [1.165, 1.54) is 12.1 Å². The van der Waals surface area contributed by atoms with Crippen molar-refractivity contribution in [3.05, 3.63) is 29.6 Å². The molecule has 4 N–H and O–H groups in total. The third-order valence-electron chi connectivity index (χ3n) is 2.14. The molecule has 0 spiro atoms. The monoisotopic (exact) mass is 233 g/mol. The Hall–Kier alpha value is -0.840. The van der Waals surface area contributed by atoms with E-state index in [1.54, 1.807) is 0 Å². The van der Waals surface area contributed by atoms with Crippen LogP contribution >= 0.6 is 11.6 Å².